The molecular weight excluding hydrogens is 286 g/mol. The Morgan fingerprint density at radius 2 is 2.10 bits per heavy atom. The molecule has 1 aromatic rings. The Kier molecular flexibility index (Phi) is 4.26. The summed E-state index contributed by atoms with van der Waals surface area (Å²) >= 11 is 0. The molecule has 1 unspecified atom stereocenters. The lowest BCUT2D eigenvalue weighted by Crippen LogP contribution is -2.46. The van der Waals surface area contributed by atoms with Gasteiger partial charge in [0.15, 0.2) is 0 Å². The maximum Gasteiger partial charge on any atom is 0.242 e. The van der Waals surface area contributed by atoms with E-state index in [9.17, 15) is 8.42 Å². The maximum atomic E-state index is 12.6. The molecule has 5 nitrogen and oxygen atoms in total. The van der Waals surface area contributed by atoms with Gasteiger partial charge in [-0.15, -0.1) is 0 Å². The topological polar surface area (TPSA) is 96.0 Å². The number of anilines is 1. The van der Waals surface area contributed by atoms with Gasteiger partial charge in [-0.3, -0.25) is 0 Å². The predicted octanol–water partition coefficient (Wildman–Crippen LogP) is 2.39. The zero-order valence-corrected chi connectivity index (χ0v) is 13.2. The standard InChI is InChI=1S/C15H21N3O2S/c1-15(2)8-4-3-5-14(15)18-21(19,20)13-7-6-12(17)9-11(13)10-16/h6-7,9,14,18H,3-5,8,17H2,1-2H3. The third-order valence-electron chi connectivity index (χ3n) is 4.22. The molecule has 0 spiro atoms. The number of hydrogen-bond acceptors (Lipinski definition) is 4. The van der Waals surface area contributed by atoms with E-state index in [2.05, 4.69) is 18.6 Å². The minimum Gasteiger partial charge on any atom is -0.399 e. The van der Waals surface area contributed by atoms with Gasteiger partial charge in [-0.05, 0) is 36.5 Å². The molecule has 1 aromatic carbocycles. The Balaban J connectivity index is 2.33. The fourth-order valence-electron chi connectivity index (χ4n) is 2.83. The van der Waals surface area contributed by atoms with Crippen molar-refractivity contribution in [1.29, 1.82) is 5.26 Å². The molecule has 21 heavy (non-hydrogen) atoms. The lowest BCUT2D eigenvalue weighted by molar-refractivity contribution is 0.188. The van der Waals surface area contributed by atoms with Gasteiger partial charge in [-0.25, -0.2) is 13.1 Å². The summed E-state index contributed by atoms with van der Waals surface area (Å²) in [5.41, 5.74) is 5.99. The SMILES string of the molecule is CC1(C)CCCCC1NS(=O)(=O)c1ccc(N)cc1C#N. The van der Waals surface area contributed by atoms with E-state index in [0.29, 0.717) is 5.69 Å². The smallest absolute Gasteiger partial charge is 0.242 e. The largest absolute Gasteiger partial charge is 0.399 e. The molecule has 1 atom stereocenters. The monoisotopic (exact) mass is 307 g/mol. The molecule has 0 aromatic heterocycles. The van der Waals surface area contributed by atoms with Gasteiger partial charge >= 0.3 is 0 Å². The summed E-state index contributed by atoms with van der Waals surface area (Å²) in [6.07, 6.45) is 3.95. The number of hydrogen-bond donors (Lipinski definition) is 2. The van der Waals surface area contributed by atoms with Crippen molar-refractivity contribution in [2.24, 2.45) is 5.41 Å². The molecule has 114 valence electrons. The van der Waals surface area contributed by atoms with Gasteiger partial charge < -0.3 is 5.73 Å². The number of nitrogens with one attached hydrogen (secondary N) is 1. The lowest BCUT2D eigenvalue weighted by Gasteiger charge is -2.38. The number of nitrogens with zero attached hydrogens (tertiary/aromatic N) is 1. The molecule has 1 fully saturated rings. The van der Waals surface area contributed by atoms with E-state index >= 15 is 0 Å². The van der Waals surface area contributed by atoms with Crippen LogP contribution < -0.4 is 10.5 Å². The average Bonchev–Trinajstić information content (AvgIpc) is 2.40. The molecule has 6 heteroatoms. The zero-order valence-electron chi connectivity index (χ0n) is 12.4. The fraction of sp³-hybridized carbons (Fsp3) is 0.533. The van der Waals surface area contributed by atoms with Crippen molar-refractivity contribution < 1.29 is 8.42 Å². The summed E-state index contributed by atoms with van der Waals surface area (Å²) in [6.45, 7) is 4.15. The fourth-order valence-corrected chi connectivity index (χ4v) is 4.41. The highest BCUT2D eigenvalue weighted by Gasteiger charge is 2.35. The van der Waals surface area contributed by atoms with Crippen molar-refractivity contribution in [2.45, 2.75) is 50.5 Å². The van der Waals surface area contributed by atoms with Crippen LogP contribution in [0.5, 0.6) is 0 Å². The molecule has 1 aliphatic rings. The molecular formula is C15H21N3O2S. The van der Waals surface area contributed by atoms with Gasteiger partial charge in [0.25, 0.3) is 0 Å². The van der Waals surface area contributed by atoms with Crippen LogP contribution in [0.15, 0.2) is 23.1 Å². The minimum absolute atomic E-state index is 0.000531. The summed E-state index contributed by atoms with van der Waals surface area (Å²) in [5, 5.41) is 9.12. The normalized spacial score (nSPS) is 21.7. The summed E-state index contributed by atoms with van der Waals surface area (Å²) in [5.74, 6) is 0. The van der Waals surface area contributed by atoms with Crippen LogP contribution in [0.2, 0.25) is 0 Å². The van der Waals surface area contributed by atoms with Crippen LogP contribution in [-0.4, -0.2) is 14.5 Å². The number of nitriles is 1. The first kappa shape index (κ1) is 15.8. The van der Waals surface area contributed by atoms with Gasteiger partial charge in [-0.2, -0.15) is 5.26 Å². The third kappa shape index (κ3) is 3.36. The highest BCUT2D eigenvalue weighted by Crippen LogP contribution is 2.36. The highest BCUT2D eigenvalue weighted by atomic mass is 32.2. The van der Waals surface area contributed by atoms with Crippen LogP contribution in [0, 0.1) is 16.7 Å². The molecule has 3 N–H and O–H groups in total. The Labute approximate surface area is 126 Å². The number of rotatable bonds is 3. The van der Waals surface area contributed by atoms with Crippen molar-refractivity contribution in [2.75, 3.05) is 5.73 Å². The number of sulfonamides is 1. The first-order chi connectivity index (χ1) is 9.76. The van der Waals surface area contributed by atoms with Crippen molar-refractivity contribution in [3.63, 3.8) is 0 Å². The second-order valence-corrected chi connectivity index (χ2v) is 7.96. The van der Waals surface area contributed by atoms with Gasteiger partial charge in [0.1, 0.15) is 6.07 Å². The van der Waals surface area contributed by atoms with Gasteiger partial charge in [-0.1, -0.05) is 26.7 Å². The van der Waals surface area contributed by atoms with Crippen LogP contribution in [0.4, 0.5) is 5.69 Å². The van der Waals surface area contributed by atoms with Gasteiger partial charge in [0.05, 0.1) is 10.5 Å². The van der Waals surface area contributed by atoms with Crippen LogP contribution in [0.3, 0.4) is 0 Å². The lowest BCUT2D eigenvalue weighted by atomic mass is 9.74. The van der Waals surface area contributed by atoms with E-state index in [0.717, 1.165) is 25.7 Å². The van der Waals surface area contributed by atoms with E-state index in [1.54, 1.807) is 0 Å². The van der Waals surface area contributed by atoms with E-state index in [1.165, 1.54) is 18.2 Å². The summed E-state index contributed by atoms with van der Waals surface area (Å²) in [6, 6.07) is 6.08. The summed E-state index contributed by atoms with van der Waals surface area (Å²) in [4.78, 5) is 0.000531. The molecule has 2 rings (SSSR count). The number of benzene rings is 1. The first-order valence-electron chi connectivity index (χ1n) is 7.08. The Bertz CT molecular complexity index is 675. The summed E-state index contributed by atoms with van der Waals surface area (Å²) in [7, 11) is -3.72. The minimum atomic E-state index is -3.72. The van der Waals surface area contributed by atoms with E-state index < -0.39 is 10.0 Å². The second-order valence-electron chi connectivity index (χ2n) is 6.28. The van der Waals surface area contributed by atoms with Crippen molar-refractivity contribution in [1.82, 2.24) is 4.72 Å². The molecule has 1 saturated carbocycles. The molecule has 0 heterocycles. The van der Waals surface area contributed by atoms with Crippen molar-refractivity contribution in [3.05, 3.63) is 23.8 Å². The van der Waals surface area contributed by atoms with E-state index in [-0.39, 0.29) is 21.9 Å². The Hall–Kier alpha value is -1.58. The Morgan fingerprint density at radius 3 is 2.71 bits per heavy atom. The maximum absolute atomic E-state index is 12.6. The number of nitrogen functional groups attached to an aromatic ring is 1. The Morgan fingerprint density at radius 1 is 1.38 bits per heavy atom. The second kappa shape index (κ2) is 5.66. The van der Waals surface area contributed by atoms with Crippen molar-refractivity contribution in [3.8, 4) is 6.07 Å². The van der Waals surface area contributed by atoms with E-state index in [4.69, 9.17) is 11.0 Å². The molecule has 0 amide bonds. The predicted molar refractivity (Wildman–Crippen MR) is 81.9 cm³/mol. The first-order valence-corrected chi connectivity index (χ1v) is 8.56. The molecule has 0 aliphatic heterocycles. The van der Waals surface area contributed by atoms with Crippen LogP contribution in [0.25, 0.3) is 0 Å². The van der Waals surface area contributed by atoms with Gasteiger partial charge in [0, 0.05) is 11.7 Å². The molecule has 0 radical (unpaired) electrons. The average molecular weight is 307 g/mol. The highest BCUT2D eigenvalue weighted by molar-refractivity contribution is 7.89. The van der Waals surface area contributed by atoms with Crippen LogP contribution in [-0.2, 0) is 10.0 Å². The number of nitrogens with two attached hydrogens (primary N) is 1. The molecule has 0 bridgehead atoms. The van der Waals surface area contributed by atoms with Gasteiger partial charge in [0.2, 0.25) is 10.0 Å². The third-order valence-corrected chi connectivity index (χ3v) is 5.75. The van der Waals surface area contributed by atoms with Crippen LogP contribution in [0.1, 0.15) is 45.1 Å². The summed E-state index contributed by atoms with van der Waals surface area (Å²) < 4.78 is 27.9. The van der Waals surface area contributed by atoms with E-state index in [1.807, 2.05) is 6.07 Å². The van der Waals surface area contributed by atoms with Crippen LogP contribution >= 0.6 is 0 Å². The van der Waals surface area contributed by atoms with Crippen molar-refractivity contribution >= 4 is 15.7 Å². The molecule has 1 aliphatic carbocycles. The zero-order chi connectivity index (χ0) is 15.7. The molecule has 0 saturated heterocycles. The quantitative estimate of drug-likeness (QED) is 0.838.